The van der Waals surface area contributed by atoms with Crippen LogP contribution >= 0.6 is 0 Å². The Morgan fingerprint density at radius 3 is 0.839 bits per heavy atom. The Labute approximate surface area is 339 Å². The number of hydrogen-bond donors (Lipinski definition) is 0. The molecule has 0 heterocycles. The Bertz CT molecular complexity index is 1070. The van der Waals surface area contributed by atoms with Gasteiger partial charge in [0.2, 0.25) is 0 Å². The fraction of sp³-hybridized carbons (Fsp3) is 0.721. The maximum atomic E-state index is 6.85. The minimum Gasteiger partial charge on any atom is -0.405 e. The Kier molecular flexibility index (Phi) is 31.6. The summed E-state index contributed by atoms with van der Waals surface area (Å²) in [6.45, 7) is 21.4. The summed E-state index contributed by atoms with van der Waals surface area (Å²) in [5, 5.41) is 2.48. The molecule has 0 N–H and O–H groups in total. The van der Waals surface area contributed by atoms with Gasteiger partial charge in [-0.15, -0.1) is 0 Å². The van der Waals surface area contributed by atoms with E-state index in [1.54, 1.807) is 0 Å². The van der Waals surface area contributed by atoms with Crippen LogP contribution in [0, 0.1) is 0 Å². The molecule has 322 valence electrons. The molecule has 0 amide bonds. The first kappa shape index (κ1) is 50.3. The number of benzene rings is 2. The standard InChI is InChI=1S/C43H74O12Si/c1-5-6-13-18-44-19-20-45-21-22-46-23-24-47-25-26-48-27-28-49-29-30-50-31-32-51-33-34-52-35-36-53-37-38-54-39-40-55-56(43(2,3)4,41-14-9-7-10-15-41)42-16-11-8-12-17-42/h7-12,14-17H,5-6,13,18-40H2,1-4H3. The highest BCUT2D eigenvalue weighted by Crippen LogP contribution is 2.36. The van der Waals surface area contributed by atoms with E-state index in [0.717, 1.165) is 13.0 Å². The van der Waals surface area contributed by atoms with Crippen molar-refractivity contribution in [2.24, 2.45) is 0 Å². The lowest BCUT2D eigenvalue weighted by Gasteiger charge is -2.43. The Balaban J connectivity index is 1.28. The molecule has 0 radical (unpaired) electrons. The van der Waals surface area contributed by atoms with Gasteiger partial charge in [0, 0.05) is 6.61 Å². The average molecular weight is 811 g/mol. The molecule has 0 atom stereocenters. The molecule has 0 aliphatic heterocycles. The minimum absolute atomic E-state index is 0.0562. The first-order valence-electron chi connectivity index (χ1n) is 20.6. The third-order valence-electron chi connectivity index (χ3n) is 8.58. The summed E-state index contributed by atoms with van der Waals surface area (Å²) >= 11 is 0. The first-order valence-corrected chi connectivity index (χ1v) is 22.5. The van der Waals surface area contributed by atoms with Gasteiger partial charge in [0.25, 0.3) is 8.32 Å². The molecule has 13 heteroatoms. The summed E-state index contributed by atoms with van der Waals surface area (Å²) in [5.41, 5.74) is 0. The molecule has 0 aliphatic rings. The van der Waals surface area contributed by atoms with E-state index in [-0.39, 0.29) is 5.04 Å². The van der Waals surface area contributed by atoms with Crippen LogP contribution in [0.15, 0.2) is 60.7 Å². The summed E-state index contributed by atoms with van der Waals surface area (Å²) in [4.78, 5) is 0. The highest BCUT2D eigenvalue weighted by Gasteiger charge is 2.50. The topological polar surface area (TPSA) is 111 Å². The van der Waals surface area contributed by atoms with E-state index < -0.39 is 8.32 Å². The highest BCUT2D eigenvalue weighted by atomic mass is 28.4. The fourth-order valence-electron chi connectivity index (χ4n) is 5.77. The molecule has 0 aliphatic carbocycles. The molecule has 56 heavy (non-hydrogen) atoms. The molecule has 0 aromatic heterocycles. The van der Waals surface area contributed by atoms with Crippen molar-refractivity contribution in [1.29, 1.82) is 0 Å². The van der Waals surface area contributed by atoms with Crippen molar-refractivity contribution < 1.29 is 56.5 Å². The third-order valence-corrected chi connectivity index (χ3v) is 13.6. The van der Waals surface area contributed by atoms with E-state index in [2.05, 4.69) is 88.4 Å². The SMILES string of the molecule is CCCCCOCCOCCOCCOCCOCCOCCOCCOCCOCCOCCOCCO[Si](c1ccccc1)(c1ccccc1)C(C)(C)C. The first-order chi connectivity index (χ1) is 27.5. The van der Waals surface area contributed by atoms with Crippen LogP contribution in [-0.2, 0) is 56.5 Å². The van der Waals surface area contributed by atoms with Gasteiger partial charge in [-0.3, -0.25) is 0 Å². The maximum absolute atomic E-state index is 6.85. The smallest absolute Gasteiger partial charge is 0.261 e. The fourth-order valence-corrected chi connectivity index (χ4v) is 10.3. The van der Waals surface area contributed by atoms with Gasteiger partial charge in [0.05, 0.1) is 145 Å². The second-order valence-electron chi connectivity index (χ2n) is 14.0. The van der Waals surface area contributed by atoms with Crippen molar-refractivity contribution in [2.75, 3.05) is 152 Å². The van der Waals surface area contributed by atoms with Crippen LogP contribution in [0.25, 0.3) is 0 Å². The van der Waals surface area contributed by atoms with Gasteiger partial charge >= 0.3 is 0 Å². The molecular weight excluding hydrogens is 737 g/mol. The summed E-state index contributed by atoms with van der Waals surface area (Å²) in [7, 11) is -2.54. The van der Waals surface area contributed by atoms with Crippen molar-refractivity contribution >= 4 is 18.7 Å². The molecule has 2 aromatic rings. The summed E-state index contributed by atoms with van der Waals surface area (Å²) in [6, 6.07) is 21.3. The van der Waals surface area contributed by atoms with Gasteiger partial charge < -0.3 is 56.5 Å². The lowest BCUT2D eigenvalue weighted by molar-refractivity contribution is -0.0277. The van der Waals surface area contributed by atoms with E-state index >= 15 is 0 Å². The monoisotopic (exact) mass is 810 g/mol. The molecule has 0 bridgehead atoms. The number of hydrogen-bond acceptors (Lipinski definition) is 12. The van der Waals surface area contributed by atoms with Crippen LogP contribution < -0.4 is 10.4 Å². The number of rotatable bonds is 40. The summed E-state index contributed by atoms with van der Waals surface area (Å²) in [6.07, 6.45) is 3.54. The van der Waals surface area contributed by atoms with Gasteiger partial charge in [-0.1, -0.05) is 101 Å². The van der Waals surface area contributed by atoms with Crippen LogP contribution in [0.2, 0.25) is 5.04 Å². The lowest BCUT2D eigenvalue weighted by atomic mass is 10.2. The highest BCUT2D eigenvalue weighted by molar-refractivity contribution is 6.99. The van der Waals surface area contributed by atoms with Crippen LogP contribution in [0.5, 0.6) is 0 Å². The van der Waals surface area contributed by atoms with Gasteiger partial charge in [-0.05, 0) is 21.8 Å². The van der Waals surface area contributed by atoms with Crippen molar-refractivity contribution in [3.63, 3.8) is 0 Å². The van der Waals surface area contributed by atoms with Gasteiger partial charge in [0.1, 0.15) is 0 Å². The maximum Gasteiger partial charge on any atom is 0.261 e. The second kappa shape index (κ2) is 35.1. The zero-order chi connectivity index (χ0) is 40.1. The van der Waals surface area contributed by atoms with Crippen molar-refractivity contribution in [2.45, 2.75) is 52.0 Å². The van der Waals surface area contributed by atoms with Crippen molar-refractivity contribution in [3.05, 3.63) is 60.7 Å². The molecule has 0 fully saturated rings. The molecule has 2 aromatic carbocycles. The van der Waals surface area contributed by atoms with Gasteiger partial charge in [0.15, 0.2) is 0 Å². The van der Waals surface area contributed by atoms with Crippen LogP contribution in [0.3, 0.4) is 0 Å². The summed E-state index contributed by atoms with van der Waals surface area (Å²) < 4.78 is 68.1. The van der Waals surface area contributed by atoms with E-state index in [9.17, 15) is 0 Å². The Morgan fingerprint density at radius 2 is 0.589 bits per heavy atom. The zero-order valence-electron chi connectivity index (χ0n) is 35.1. The molecule has 0 unspecified atom stereocenters. The second-order valence-corrected chi connectivity index (χ2v) is 18.3. The van der Waals surface area contributed by atoms with Crippen molar-refractivity contribution in [1.82, 2.24) is 0 Å². The van der Waals surface area contributed by atoms with Crippen molar-refractivity contribution in [3.8, 4) is 0 Å². The number of unbranched alkanes of at least 4 members (excludes halogenated alkanes) is 2. The van der Waals surface area contributed by atoms with E-state index in [1.807, 2.05) is 0 Å². The average Bonchev–Trinajstić information content (AvgIpc) is 3.20. The van der Waals surface area contributed by atoms with Crippen LogP contribution in [0.4, 0.5) is 0 Å². The minimum atomic E-state index is -2.54. The zero-order valence-corrected chi connectivity index (χ0v) is 36.1. The van der Waals surface area contributed by atoms with Crippen LogP contribution in [0.1, 0.15) is 47.0 Å². The third kappa shape index (κ3) is 24.2. The molecule has 0 spiro atoms. The molecular formula is C43H74O12Si. The van der Waals surface area contributed by atoms with E-state index in [0.29, 0.717) is 145 Å². The van der Waals surface area contributed by atoms with Crippen LogP contribution in [-0.4, -0.2) is 160 Å². The quantitative estimate of drug-likeness (QED) is 0.0673. The largest absolute Gasteiger partial charge is 0.405 e. The normalized spacial score (nSPS) is 12.1. The Hall–Kier alpha value is -1.82. The number of ether oxygens (including phenoxy) is 11. The molecule has 0 saturated carbocycles. The van der Waals surface area contributed by atoms with E-state index in [4.69, 9.17) is 56.5 Å². The predicted octanol–water partition coefficient (Wildman–Crippen LogP) is 4.94. The summed E-state index contributed by atoms with van der Waals surface area (Å²) in [5.74, 6) is 0. The van der Waals surface area contributed by atoms with Gasteiger partial charge in [-0.2, -0.15) is 0 Å². The molecule has 0 saturated heterocycles. The molecule has 12 nitrogen and oxygen atoms in total. The predicted molar refractivity (Wildman–Crippen MR) is 222 cm³/mol. The van der Waals surface area contributed by atoms with Gasteiger partial charge in [-0.25, -0.2) is 0 Å². The van der Waals surface area contributed by atoms with E-state index in [1.165, 1.54) is 23.2 Å². The lowest BCUT2D eigenvalue weighted by Crippen LogP contribution is -2.66. The molecule has 2 rings (SSSR count). The Morgan fingerprint density at radius 1 is 0.339 bits per heavy atom.